The Morgan fingerprint density at radius 1 is 1.38 bits per heavy atom. The first kappa shape index (κ1) is 9.81. The Hall–Kier alpha value is -1.28. The fraction of sp³-hybridized carbons (Fsp3) is 0.100. The maximum atomic E-state index is 11.2. The van der Waals surface area contributed by atoms with E-state index in [0.717, 1.165) is 0 Å². The zero-order valence-corrected chi connectivity index (χ0v) is 7.70. The van der Waals surface area contributed by atoms with E-state index in [0.29, 0.717) is 5.56 Å². The minimum Gasteiger partial charge on any atom is -0.458 e. The molecule has 0 bridgehead atoms. The Labute approximate surface area is 81.8 Å². The van der Waals surface area contributed by atoms with Gasteiger partial charge in [-0.05, 0) is 18.2 Å². The Morgan fingerprint density at radius 2 is 2.08 bits per heavy atom. The number of carbonyl (C=O) groups is 1. The maximum Gasteiger partial charge on any atom is 0.338 e. The van der Waals surface area contributed by atoms with Gasteiger partial charge in [0.2, 0.25) is 0 Å². The summed E-state index contributed by atoms with van der Waals surface area (Å²) in [5.41, 5.74) is 1.86. The average molecular weight is 197 g/mol. The van der Waals surface area contributed by atoms with Gasteiger partial charge in [-0.1, -0.05) is 29.8 Å². The van der Waals surface area contributed by atoms with Gasteiger partial charge in [0.05, 0.1) is 5.56 Å². The molecule has 1 aromatic rings. The number of benzene rings is 1. The van der Waals surface area contributed by atoms with Crippen molar-refractivity contribution in [2.24, 2.45) is 0 Å². The molecule has 0 aliphatic rings. The summed E-state index contributed by atoms with van der Waals surface area (Å²) >= 11 is 5.26. The first-order valence-corrected chi connectivity index (χ1v) is 4.25. The third-order valence-electron chi connectivity index (χ3n) is 1.41. The van der Waals surface area contributed by atoms with Gasteiger partial charge in [0.1, 0.15) is 6.61 Å². The van der Waals surface area contributed by atoms with Gasteiger partial charge >= 0.3 is 5.97 Å². The van der Waals surface area contributed by atoms with E-state index in [2.05, 4.69) is 0 Å². The van der Waals surface area contributed by atoms with Gasteiger partial charge in [-0.15, -0.1) is 0 Å². The molecule has 13 heavy (non-hydrogen) atoms. The van der Waals surface area contributed by atoms with Crippen molar-refractivity contribution < 1.29 is 9.53 Å². The second kappa shape index (κ2) is 5.38. The lowest BCUT2D eigenvalue weighted by atomic mass is 10.2. The maximum absolute atomic E-state index is 11.2. The normalized spacial score (nSPS) is 10.2. The SMILES string of the molecule is O=C(OC/C=C/Cl)c1ccccc1. The van der Waals surface area contributed by atoms with Gasteiger partial charge in [0.25, 0.3) is 0 Å². The van der Waals surface area contributed by atoms with Crippen LogP contribution in [0, 0.1) is 0 Å². The molecule has 0 saturated carbocycles. The van der Waals surface area contributed by atoms with E-state index in [9.17, 15) is 4.79 Å². The van der Waals surface area contributed by atoms with Crippen LogP contribution in [0.1, 0.15) is 10.4 Å². The number of hydrogen-bond acceptors (Lipinski definition) is 2. The van der Waals surface area contributed by atoms with E-state index < -0.39 is 0 Å². The lowest BCUT2D eigenvalue weighted by Crippen LogP contribution is -2.04. The molecule has 0 fully saturated rings. The molecule has 0 saturated heterocycles. The Balaban J connectivity index is 2.49. The third kappa shape index (κ3) is 3.30. The average Bonchev–Trinajstić information content (AvgIpc) is 2.19. The molecule has 1 aromatic carbocycles. The van der Waals surface area contributed by atoms with Crippen LogP contribution in [0.2, 0.25) is 0 Å². The van der Waals surface area contributed by atoms with Crippen molar-refractivity contribution in [1.29, 1.82) is 0 Å². The van der Waals surface area contributed by atoms with Gasteiger partial charge in [-0.25, -0.2) is 4.79 Å². The molecular formula is C10H9ClO2. The minimum atomic E-state index is -0.338. The van der Waals surface area contributed by atoms with E-state index >= 15 is 0 Å². The van der Waals surface area contributed by atoms with Crippen molar-refractivity contribution in [3.05, 3.63) is 47.5 Å². The number of ether oxygens (including phenoxy) is 1. The van der Waals surface area contributed by atoms with Gasteiger partial charge in [0.15, 0.2) is 0 Å². The van der Waals surface area contributed by atoms with Crippen LogP contribution in [0.25, 0.3) is 0 Å². The fourth-order valence-corrected chi connectivity index (χ4v) is 0.890. The van der Waals surface area contributed by atoms with E-state index in [1.165, 1.54) is 5.54 Å². The largest absolute Gasteiger partial charge is 0.458 e. The Kier molecular flexibility index (Phi) is 4.06. The number of rotatable bonds is 3. The van der Waals surface area contributed by atoms with Crippen molar-refractivity contribution in [3.63, 3.8) is 0 Å². The highest BCUT2D eigenvalue weighted by molar-refractivity contribution is 6.25. The predicted molar refractivity (Wildman–Crippen MR) is 51.7 cm³/mol. The van der Waals surface area contributed by atoms with Crippen LogP contribution < -0.4 is 0 Å². The van der Waals surface area contributed by atoms with Crippen molar-refractivity contribution in [2.45, 2.75) is 0 Å². The molecule has 0 spiro atoms. The van der Waals surface area contributed by atoms with Gasteiger partial charge < -0.3 is 4.74 Å². The number of hydrogen-bond donors (Lipinski definition) is 0. The van der Waals surface area contributed by atoms with Gasteiger partial charge in [-0.3, -0.25) is 0 Å². The summed E-state index contributed by atoms with van der Waals surface area (Å²) in [4.78, 5) is 11.2. The van der Waals surface area contributed by atoms with Gasteiger partial charge in [0, 0.05) is 5.54 Å². The lowest BCUT2D eigenvalue weighted by Gasteiger charge is -2.00. The molecule has 3 heteroatoms. The molecule has 0 atom stereocenters. The van der Waals surface area contributed by atoms with E-state index in [-0.39, 0.29) is 12.6 Å². The van der Waals surface area contributed by atoms with Crippen molar-refractivity contribution in [3.8, 4) is 0 Å². The molecule has 0 heterocycles. The van der Waals surface area contributed by atoms with Gasteiger partial charge in [-0.2, -0.15) is 0 Å². The van der Waals surface area contributed by atoms with Crippen LogP contribution in [-0.4, -0.2) is 12.6 Å². The van der Waals surface area contributed by atoms with E-state index in [1.54, 1.807) is 30.3 Å². The highest BCUT2D eigenvalue weighted by atomic mass is 35.5. The first-order chi connectivity index (χ1) is 6.34. The molecule has 0 amide bonds. The standard InChI is InChI=1S/C10H9ClO2/c11-7-4-8-13-10(12)9-5-2-1-3-6-9/h1-7H,8H2/b7-4+. The highest BCUT2D eigenvalue weighted by Crippen LogP contribution is 2.00. The third-order valence-corrected chi connectivity index (χ3v) is 1.59. The van der Waals surface area contributed by atoms with E-state index in [1.807, 2.05) is 6.07 Å². The molecule has 1 rings (SSSR count). The van der Waals surface area contributed by atoms with Crippen LogP contribution in [-0.2, 0) is 4.74 Å². The zero-order chi connectivity index (χ0) is 9.52. The summed E-state index contributed by atoms with van der Waals surface area (Å²) in [6.45, 7) is 0.206. The fourth-order valence-electron chi connectivity index (χ4n) is 0.818. The summed E-state index contributed by atoms with van der Waals surface area (Å²) in [7, 11) is 0. The zero-order valence-electron chi connectivity index (χ0n) is 6.94. The number of carbonyl (C=O) groups excluding carboxylic acids is 1. The Morgan fingerprint density at radius 3 is 2.69 bits per heavy atom. The van der Waals surface area contributed by atoms with Crippen LogP contribution in [0.3, 0.4) is 0 Å². The minimum absolute atomic E-state index is 0.206. The molecule has 0 radical (unpaired) electrons. The lowest BCUT2D eigenvalue weighted by molar-refractivity contribution is 0.0549. The Bertz CT molecular complexity index is 293. The van der Waals surface area contributed by atoms with Crippen molar-refractivity contribution >= 4 is 17.6 Å². The summed E-state index contributed by atoms with van der Waals surface area (Å²) < 4.78 is 4.86. The number of esters is 1. The van der Waals surface area contributed by atoms with Crippen LogP contribution in [0.15, 0.2) is 41.9 Å². The smallest absolute Gasteiger partial charge is 0.338 e. The number of halogens is 1. The second-order valence-corrected chi connectivity index (χ2v) is 2.58. The van der Waals surface area contributed by atoms with Crippen LogP contribution >= 0.6 is 11.6 Å². The molecule has 0 unspecified atom stereocenters. The molecular weight excluding hydrogens is 188 g/mol. The topological polar surface area (TPSA) is 26.3 Å². The molecule has 0 N–H and O–H groups in total. The van der Waals surface area contributed by atoms with Crippen molar-refractivity contribution in [1.82, 2.24) is 0 Å². The highest BCUT2D eigenvalue weighted by Gasteiger charge is 2.03. The van der Waals surface area contributed by atoms with Crippen molar-refractivity contribution in [2.75, 3.05) is 6.61 Å². The molecule has 0 aliphatic carbocycles. The summed E-state index contributed by atoms with van der Waals surface area (Å²) in [5, 5.41) is 0. The summed E-state index contributed by atoms with van der Waals surface area (Å²) in [6, 6.07) is 8.82. The first-order valence-electron chi connectivity index (χ1n) is 3.82. The van der Waals surface area contributed by atoms with E-state index in [4.69, 9.17) is 16.3 Å². The predicted octanol–water partition coefficient (Wildman–Crippen LogP) is 2.60. The van der Waals surface area contributed by atoms with Crippen LogP contribution in [0.4, 0.5) is 0 Å². The molecule has 0 aromatic heterocycles. The quantitative estimate of drug-likeness (QED) is 0.695. The van der Waals surface area contributed by atoms with Crippen LogP contribution in [0.5, 0.6) is 0 Å². The second-order valence-electron chi connectivity index (χ2n) is 2.33. The summed E-state index contributed by atoms with van der Waals surface area (Å²) in [5.74, 6) is -0.338. The summed E-state index contributed by atoms with van der Waals surface area (Å²) in [6.07, 6.45) is 1.56. The molecule has 2 nitrogen and oxygen atoms in total. The molecule has 0 aliphatic heterocycles. The molecule has 68 valence electrons. The monoisotopic (exact) mass is 196 g/mol.